The molecule has 0 nitrogen and oxygen atoms in total. The number of rotatable bonds is 2. The third-order valence-corrected chi connectivity index (χ3v) is 4.05. The van der Waals surface area contributed by atoms with Crippen molar-refractivity contribution < 1.29 is 0 Å². The molecule has 80 valence electrons. The van der Waals surface area contributed by atoms with Crippen molar-refractivity contribution in [1.82, 2.24) is 0 Å². The zero-order valence-corrected chi connectivity index (χ0v) is 9.73. The van der Waals surface area contributed by atoms with E-state index in [2.05, 4.69) is 6.08 Å². The van der Waals surface area contributed by atoms with E-state index in [-0.39, 0.29) is 0 Å². The molecule has 2 atom stereocenters. The lowest BCUT2D eigenvalue weighted by Crippen LogP contribution is -2.06. The van der Waals surface area contributed by atoms with Crippen molar-refractivity contribution in [2.24, 2.45) is 5.92 Å². The molecule has 14 heavy (non-hydrogen) atoms. The van der Waals surface area contributed by atoms with E-state index < -0.39 is 0 Å². The first kappa shape index (κ1) is 10.5. The van der Waals surface area contributed by atoms with Crippen LogP contribution >= 0.6 is 11.6 Å². The minimum atomic E-state index is 0.463. The number of allylic oxidation sites excluding steroid dienone is 2. The standard InChI is InChI=1S/C13H21Cl/c14-13-8-4-3-7-12(10-13)9-11-5-1-2-6-11/h5,12-13H,1-4,6-10H2. The van der Waals surface area contributed by atoms with Crippen LogP contribution in [0.3, 0.4) is 0 Å². The second kappa shape index (κ2) is 5.21. The molecule has 2 unspecified atom stereocenters. The topological polar surface area (TPSA) is 0 Å². The molecule has 0 saturated heterocycles. The van der Waals surface area contributed by atoms with Crippen molar-refractivity contribution in [3.05, 3.63) is 11.6 Å². The van der Waals surface area contributed by atoms with Gasteiger partial charge in [-0.2, -0.15) is 0 Å². The summed E-state index contributed by atoms with van der Waals surface area (Å²) >= 11 is 6.28. The maximum atomic E-state index is 6.28. The minimum absolute atomic E-state index is 0.463. The summed E-state index contributed by atoms with van der Waals surface area (Å²) in [6.07, 6.45) is 14.6. The van der Waals surface area contributed by atoms with Gasteiger partial charge in [0.2, 0.25) is 0 Å². The monoisotopic (exact) mass is 212 g/mol. The fourth-order valence-corrected chi connectivity index (χ4v) is 3.28. The molecule has 0 bridgehead atoms. The molecule has 0 aliphatic heterocycles. The lowest BCUT2D eigenvalue weighted by molar-refractivity contribution is 0.455. The smallest absolute Gasteiger partial charge is 0.0338 e. The normalized spacial score (nSPS) is 33.9. The summed E-state index contributed by atoms with van der Waals surface area (Å²) in [5, 5.41) is 0.463. The Hall–Kier alpha value is 0.0300. The Morgan fingerprint density at radius 2 is 2.07 bits per heavy atom. The number of alkyl halides is 1. The van der Waals surface area contributed by atoms with Crippen molar-refractivity contribution >= 4 is 11.6 Å². The third-order valence-electron chi connectivity index (χ3n) is 3.65. The van der Waals surface area contributed by atoms with Crippen LogP contribution in [0.2, 0.25) is 0 Å². The highest BCUT2D eigenvalue weighted by Gasteiger charge is 2.20. The summed E-state index contributed by atoms with van der Waals surface area (Å²) in [5.41, 5.74) is 1.72. The van der Waals surface area contributed by atoms with Crippen LogP contribution in [0.1, 0.15) is 57.8 Å². The Balaban J connectivity index is 1.83. The highest BCUT2D eigenvalue weighted by atomic mass is 35.5. The quantitative estimate of drug-likeness (QED) is 0.354. The van der Waals surface area contributed by atoms with Gasteiger partial charge < -0.3 is 0 Å². The number of halogens is 1. The van der Waals surface area contributed by atoms with Crippen LogP contribution in [0.5, 0.6) is 0 Å². The Labute approximate surface area is 92.7 Å². The molecule has 0 aromatic heterocycles. The van der Waals surface area contributed by atoms with Gasteiger partial charge >= 0.3 is 0 Å². The van der Waals surface area contributed by atoms with Crippen molar-refractivity contribution in [2.45, 2.75) is 63.2 Å². The van der Waals surface area contributed by atoms with Crippen LogP contribution in [0.15, 0.2) is 11.6 Å². The Kier molecular flexibility index (Phi) is 3.92. The molecular formula is C13H21Cl. The van der Waals surface area contributed by atoms with Crippen LogP contribution in [0.4, 0.5) is 0 Å². The number of hydrogen-bond acceptors (Lipinski definition) is 0. The van der Waals surface area contributed by atoms with Crippen molar-refractivity contribution in [1.29, 1.82) is 0 Å². The SMILES string of the molecule is ClC1CCCCC(CC2=CCCC2)C1. The average molecular weight is 213 g/mol. The zero-order chi connectivity index (χ0) is 9.80. The molecule has 0 amide bonds. The van der Waals surface area contributed by atoms with E-state index in [9.17, 15) is 0 Å². The predicted octanol–water partition coefficient (Wildman–Crippen LogP) is 4.67. The number of hydrogen-bond donors (Lipinski definition) is 0. The molecule has 0 spiro atoms. The van der Waals surface area contributed by atoms with Gasteiger partial charge in [-0.1, -0.05) is 30.9 Å². The molecule has 0 N–H and O–H groups in total. The van der Waals surface area contributed by atoms with Gasteiger partial charge in [0.05, 0.1) is 0 Å². The van der Waals surface area contributed by atoms with Gasteiger partial charge in [0.25, 0.3) is 0 Å². The minimum Gasteiger partial charge on any atom is -0.123 e. The second-order valence-corrected chi connectivity index (χ2v) is 5.56. The van der Waals surface area contributed by atoms with Crippen LogP contribution in [0, 0.1) is 5.92 Å². The molecule has 2 aliphatic rings. The molecule has 0 radical (unpaired) electrons. The van der Waals surface area contributed by atoms with E-state index in [1.54, 1.807) is 5.57 Å². The van der Waals surface area contributed by atoms with E-state index in [1.165, 1.54) is 57.8 Å². The largest absolute Gasteiger partial charge is 0.123 e. The van der Waals surface area contributed by atoms with Crippen LogP contribution < -0.4 is 0 Å². The fraction of sp³-hybridized carbons (Fsp3) is 0.846. The van der Waals surface area contributed by atoms with Gasteiger partial charge in [-0.15, -0.1) is 11.6 Å². The summed E-state index contributed by atoms with van der Waals surface area (Å²) in [4.78, 5) is 0. The summed E-state index contributed by atoms with van der Waals surface area (Å²) in [5.74, 6) is 0.893. The van der Waals surface area contributed by atoms with Crippen LogP contribution in [0.25, 0.3) is 0 Å². The highest BCUT2D eigenvalue weighted by Crippen LogP contribution is 2.33. The average Bonchev–Trinajstić information content (AvgIpc) is 2.56. The van der Waals surface area contributed by atoms with Gasteiger partial charge in [0.15, 0.2) is 0 Å². The molecule has 0 aromatic carbocycles. The Morgan fingerprint density at radius 3 is 2.86 bits per heavy atom. The van der Waals surface area contributed by atoms with Gasteiger partial charge in [0.1, 0.15) is 0 Å². The van der Waals surface area contributed by atoms with E-state index in [0.717, 1.165) is 5.92 Å². The Morgan fingerprint density at radius 1 is 1.21 bits per heavy atom. The summed E-state index contributed by atoms with van der Waals surface area (Å²) in [6, 6.07) is 0. The first-order valence-corrected chi connectivity index (χ1v) is 6.60. The molecular weight excluding hydrogens is 192 g/mol. The molecule has 2 rings (SSSR count). The van der Waals surface area contributed by atoms with Gasteiger partial charge in [-0.05, 0) is 44.4 Å². The van der Waals surface area contributed by atoms with E-state index >= 15 is 0 Å². The van der Waals surface area contributed by atoms with E-state index in [0.29, 0.717) is 5.38 Å². The second-order valence-electron chi connectivity index (χ2n) is 4.94. The Bertz CT molecular complexity index is 207. The maximum absolute atomic E-state index is 6.28. The van der Waals surface area contributed by atoms with Crippen LogP contribution in [-0.2, 0) is 0 Å². The van der Waals surface area contributed by atoms with Crippen molar-refractivity contribution in [2.75, 3.05) is 0 Å². The van der Waals surface area contributed by atoms with Crippen LogP contribution in [-0.4, -0.2) is 5.38 Å². The molecule has 0 aromatic rings. The third kappa shape index (κ3) is 3.02. The van der Waals surface area contributed by atoms with Crippen molar-refractivity contribution in [3.8, 4) is 0 Å². The van der Waals surface area contributed by atoms with Gasteiger partial charge in [-0.25, -0.2) is 0 Å². The zero-order valence-electron chi connectivity index (χ0n) is 8.97. The molecule has 1 fully saturated rings. The lowest BCUT2D eigenvalue weighted by Gasteiger charge is -2.16. The van der Waals surface area contributed by atoms with Gasteiger partial charge in [0, 0.05) is 5.38 Å². The summed E-state index contributed by atoms with van der Waals surface area (Å²) in [7, 11) is 0. The first-order valence-electron chi connectivity index (χ1n) is 6.16. The van der Waals surface area contributed by atoms with E-state index in [4.69, 9.17) is 11.6 Å². The maximum Gasteiger partial charge on any atom is 0.0338 e. The predicted molar refractivity (Wildman–Crippen MR) is 62.8 cm³/mol. The molecule has 1 heteroatoms. The fourth-order valence-electron chi connectivity index (χ4n) is 2.88. The van der Waals surface area contributed by atoms with E-state index in [1.807, 2.05) is 0 Å². The van der Waals surface area contributed by atoms with Crippen molar-refractivity contribution in [3.63, 3.8) is 0 Å². The molecule has 1 saturated carbocycles. The highest BCUT2D eigenvalue weighted by molar-refractivity contribution is 6.20. The molecule has 0 heterocycles. The van der Waals surface area contributed by atoms with Gasteiger partial charge in [-0.3, -0.25) is 0 Å². The molecule has 2 aliphatic carbocycles. The summed E-state index contributed by atoms with van der Waals surface area (Å²) < 4.78 is 0. The lowest BCUT2D eigenvalue weighted by atomic mass is 9.92. The first-order chi connectivity index (χ1) is 6.84. The summed E-state index contributed by atoms with van der Waals surface area (Å²) in [6.45, 7) is 0.